The third-order valence-electron chi connectivity index (χ3n) is 3.71. The summed E-state index contributed by atoms with van der Waals surface area (Å²) in [4.78, 5) is 13.9. The minimum Gasteiger partial charge on any atom is -0.376 e. The molecule has 116 valence electrons. The zero-order chi connectivity index (χ0) is 16.1. The van der Waals surface area contributed by atoms with Crippen LogP contribution in [0.3, 0.4) is 0 Å². The zero-order valence-corrected chi connectivity index (χ0v) is 13.2. The number of halogens is 1. The summed E-state index contributed by atoms with van der Waals surface area (Å²) in [7, 11) is 1.79. The number of carbonyl (C=O) groups is 1. The van der Waals surface area contributed by atoms with Gasteiger partial charge in [0.25, 0.3) is 0 Å². The van der Waals surface area contributed by atoms with Gasteiger partial charge in [-0.2, -0.15) is 0 Å². The lowest BCUT2D eigenvalue weighted by molar-refractivity contribution is -0.128. The van der Waals surface area contributed by atoms with E-state index in [1.165, 1.54) is 17.7 Å². The van der Waals surface area contributed by atoms with Crippen molar-refractivity contribution in [2.24, 2.45) is 0 Å². The van der Waals surface area contributed by atoms with Crippen LogP contribution in [-0.4, -0.2) is 24.4 Å². The van der Waals surface area contributed by atoms with Gasteiger partial charge in [-0.3, -0.25) is 4.79 Å². The fraction of sp³-hybridized carbons (Fsp3) is 0.278. The maximum atomic E-state index is 13.1. The average molecular weight is 300 g/mol. The number of anilines is 1. The van der Waals surface area contributed by atoms with Crippen LogP contribution in [0.15, 0.2) is 42.5 Å². The van der Waals surface area contributed by atoms with Crippen LogP contribution >= 0.6 is 0 Å². The first-order chi connectivity index (χ1) is 10.5. The number of nitrogens with zero attached hydrogens (tertiary/aromatic N) is 1. The van der Waals surface area contributed by atoms with Crippen molar-refractivity contribution in [3.8, 4) is 0 Å². The molecule has 0 atom stereocenters. The quantitative estimate of drug-likeness (QED) is 0.916. The molecule has 0 bridgehead atoms. The highest BCUT2D eigenvalue weighted by molar-refractivity contribution is 5.80. The number of likely N-dealkylation sites (N-methyl/N-ethyl adjacent to an activating group) is 1. The highest BCUT2D eigenvalue weighted by Gasteiger charge is 2.10. The summed E-state index contributed by atoms with van der Waals surface area (Å²) in [5.74, 6) is -0.280. The summed E-state index contributed by atoms with van der Waals surface area (Å²) in [5.41, 5.74) is 3.87. The van der Waals surface area contributed by atoms with E-state index in [1.54, 1.807) is 18.0 Å². The van der Waals surface area contributed by atoms with Gasteiger partial charge < -0.3 is 10.2 Å². The molecule has 0 heterocycles. The molecule has 2 rings (SSSR count). The Labute approximate surface area is 130 Å². The van der Waals surface area contributed by atoms with Crippen LogP contribution in [0.2, 0.25) is 0 Å². The molecule has 2 aromatic rings. The number of hydrogen-bond donors (Lipinski definition) is 1. The van der Waals surface area contributed by atoms with Gasteiger partial charge in [0.1, 0.15) is 5.82 Å². The molecular formula is C18H21FN2O. The third-order valence-corrected chi connectivity index (χ3v) is 3.71. The van der Waals surface area contributed by atoms with Crippen molar-refractivity contribution in [3.63, 3.8) is 0 Å². The Morgan fingerprint density at radius 3 is 2.55 bits per heavy atom. The van der Waals surface area contributed by atoms with Crippen molar-refractivity contribution in [1.29, 1.82) is 0 Å². The van der Waals surface area contributed by atoms with Crippen LogP contribution < -0.4 is 5.32 Å². The van der Waals surface area contributed by atoms with Gasteiger partial charge in [0.2, 0.25) is 5.91 Å². The van der Waals surface area contributed by atoms with Crippen LogP contribution in [0, 0.1) is 19.7 Å². The second-order valence-corrected chi connectivity index (χ2v) is 5.49. The Morgan fingerprint density at radius 1 is 1.14 bits per heavy atom. The van der Waals surface area contributed by atoms with Crippen LogP contribution in [0.4, 0.5) is 10.1 Å². The van der Waals surface area contributed by atoms with Crippen molar-refractivity contribution < 1.29 is 9.18 Å². The van der Waals surface area contributed by atoms with Crippen molar-refractivity contribution in [3.05, 3.63) is 65.0 Å². The molecule has 0 saturated carbocycles. The summed E-state index contributed by atoms with van der Waals surface area (Å²) in [6.45, 7) is 4.62. The van der Waals surface area contributed by atoms with E-state index in [9.17, 15) is 9.18 Å². The van der Waals surface area contributed by atoms with Gasteiger partial charge in [0.05, 0.1) is 6.54 Å². The predicted molar refractivity (Wildman–Crippen MR) is 87.3 cm³/mol. The van der Waals surface area contributed by atoms with E-state index in [4.69, 9.17) is 0 Å². The van der Waals surface area contributed by atoms with Crippen LogP contribution in [0.5, 0.6) is 0 Å². The first-order valence-corrected chi connectivity index (χ1v) is 7.26. The van der Waals surface area contributed by atoms with E-state index >= 15 is 0 Å². The van der Waals surface area contributed by atoms with E-state index in [0.29, 0.717) is 6.54 Å². The molecule has 4 heteroatoms. The number of carbonyl (C=O) groups excluding carboxylic acids is 1. The number of benzene rings is 2. The number of amides is 1. The third kappa shape index (κ3) is 4.07. The van der Waals surface area contributed by atoms with Crippen LogP contribution in [-0.2, 0) is 11.3 Å². The lowest BCUT2D eigenvalue weighted by Crippen LogP contribution is -2.32. The van der Waals surface area contributed by atoms with Gasteiger partial charge in [-0.15, -0.1) is 0 Å². The van der Waals surface area contributed by atoms with E-state index < -0.39 is 0 Å². The monoisotopic (exact) mass is 300 g/mol. The molecule has 3 nitrogen and oxygen atoms in total. The lowest BCUT2D eigenvalue weighted by atomic mass is 10.1. The number of nitrogens with one attached hydrogen (secondary N) is 1. The molecule has 0 aliphatic rings. The second kappa shape index (κ2) is 7.07. The van der Waals surface area contributed by atoms with Crippen molar-refractivity contribution >= 4 is 11.6 Å². The molecule has 2 aromatic carbocycles. The molecule has 1 N–H and O–H groups in total. The minimum absolute atomic E-state index is 0.00743. The molecule has 0 saturated heterocycles. The van der Waals surface area contributed by atoms with Gasteiger partial charge >= 0.3 is 0 Å². The first kappa shape index (κ1) is 16.0. The van der Waals surface area contributed by atoms with Crippen LogP contribution in [0.1, 0.15) is 16.7 Å². The Morgan fingerprint density at radius 2 is 1.86 bits per heavy atom. The molecule has 0 aromatic heterocycles. The summed E-state index contributed by atoms with van der Waals surface area (Å²) in [6.07, 6.45) is 0. The Kier molecular flexibility index (Phi) is 5.15. The first-order valence-electron chi connectivity index (χ1n) is 7.26. The molecule has 0 radical (unpaired) electrons. The summed E-state index contributed by atoms with van der Waals surface area (Å²) >= 11 is 0. The fourth-order valence-electron chi connectivity index (χ4n) is 2.26. The Balaban J connectivity index is 1.93. The van der Waals surface area contributed by atoms with Crippen LogP contribution in [0.25, 0.3) is 0 Å². The van der Waals surface area contributed by atoms with Gasteiger partial charge in [0, 0.05) is 19.3 Å². The lowest BCUT2D eigenvalue weighted by Gasteiger charge is -2.19. The topological polar surface area (TPSA) is 32.3 Å². The van der Waals surface area contributed by atoms with Crippen molar-refractivity contribution in [1.82, 2.24) is 4.90 Å². The fourth-order valence-corrected chi connectivity index (χ4v) is 2.26. The number of rotatable bonds is 5. The molecule has 0 unspecified atom stereocenters. The minimum atomic E-state index is -0.272. The van der Waals surface area contributed by atoms with Gasteiger partial charge in [-0.1, -0.05) is 24.3 Å². The molecule has 22 heavy (non-hydrogen) atoms. The highest BCUT2D eigenvalue weighted by Crippen LogP contribution is 2.15. The Bertz CT molecular complexity index is 670. The molecular weight excluding hydrogens is 279 g/mol. The smallest absolute Gasteiger partial charge is 0.241 e. The maximum absolute atomic E-state index is 13.1. The van der Waals surface area contributed by atoms with Crippen molar-refractivity contribution in [2.75, 3.05) is 18.9 Å². The molecule has 0 aliphatic heterocycles. The van der Waals surface area contributed by atoms with E-state index in [-0.39, 0.29) is 18.3 Å². The SMILES string of the molecule is Cc1ccccc1CN(C)C(=O)CNc1ccc(F)cc1C. The Hall–Kier alpha value is -2.36. The summed E-state index contributed by atoms with van der Waals surface area (Å²) < 4.78 is 13.1. The average Bonchev–Trinajstić information content (AvgIpc) is 2.48. The molecule has 0 spiro atoms. The van der Waals surface area contributed by atoms with E-state index in [0.717, 1.165) is 16.8 Å². The number of hydrogen-bond acceptors (Lipinski definition) is 2. The largest absolute Gasteiger partial charge is 0.376 e. The summed E-state index contributed by atoms with van der Waals surface area (Å²) in [6, 6.07) is 12.5. The maximum Gasteiger partial charge on any atom is 0.241 e. The predicted octanol–water partition coefficient (Wildman–Crippen LogP) is 3.51. The van der Waals surface area contributed by atoms with E-state index in [1.807, 2.05) is 38.1 Å². The molecule has 0 fully saturated rings. The second-order valence-electron chi connectivity index (χ2n) is 5.49. The van der Waals surface area contributed by atoms with Gasteiger partial charge in [0.15, 0.2) is 0 Å². The van der Waals surface area contributed by atoms with Gasteiger partial charge in [-0.25, -0.2) is 4.39 Å². The normalized spacial score (nSPS) is 10.4. The summed E-state index contributed by atoms with van der Waals surface area (Å²) in [5, 5.41) is 3.06. The highest BCUT2D eigenvalue weighted by atomic mass is 19.1. The van der Waals surface area contributed by atoms with E-state index in [2.05, 4.69) is 5.32 Å². The molecule has 0 aliphatic carbocycles. The molecule has 1 amide bonds. The van der Waals surface area contributed by atoms with Crippen molar-refractivity contribution in [2.45, 2.75) is 20.4 Å². The zero-order valence-electron chi connectivity index (χ0n) is 13.2. The standard InChI is InChI=1S/C18H21FN2O/c1-13-6-4-5-7-15(13)12-21(3)18(22)11-20-17-9-8-16(19)10-14(17)2/h4-10,20H,11-12H2,1-3H3. The number of aryl methyl sites for hydroxylation is 2. The van der Waals surface area contributed by atoms with Gasteiger partial charge in [-0.05, 0) is 48.7 Å².